The van der Waals surface area contributed by atoms with E-state index in [4.69, 9.17) is 10.0 Å². The Morgan fingerprint density at radius 2 is 1.89 bits per heavy atom. The summed E-state index contributed by atoms with van der Waals surface area (Å²) in [7, 11) is -0.273. The fourth-order valence-corrected chi connectivity index (χ4v) is 1.29. The van der Waals surface area contributed by atoms with Crippen LogP contribution in [0.5, 0.6) is 0 Å². The smallest absolute Gasteiger partial charge is 0.469 e. The minimum absolute atomic E-state index is 0.107. The fraction of sp³-hybridized carbons (Fsp3) is 0.273. The Morgan fingerprint density at radius 1 is 1.28 bits per heavy atom. The number of hydrogen-bond donors (Lipinski definition) is 3. The van der Waals surface area contributed by atoms with Gasteiger partial charge in [-0.2, -0.15) is 0 Å². The number of methoxy groups -OCH3 is 1. The Morgan fingerprint density at radius 3 is 2.39 bits per heavy atom. The van der Waals surface area contributed by atoms with Gasteiger partial charge >= 0.3 is 13.1 Å². The van der Waals surface area contributed by atoms with Crippen LogP contribution in [-0.4, -0.2) is 42.7 Å². The van der Waals surface area contributed by atoms with Crippen LogP contribution in [-0.2, 0) is 9.53 Å². The average Bonchev–Trinajstić information content (AvgIpc) is 2.38. The molecule has 0 aromatic heterocycles. The maximum Gasteiger partial charge on any atom is 0.488 e. The standard InChI is InChI=1S/C11H14BNO5/c1-18-10(14)6-7-13-11(15)8-2-4-9(5-3-8)12(16)17/h2-5,16-17H,6-7H2,1H3,(H,13,15). The van der Waals surface area contributed by atoms with Crippen molar-refractivity contribution in [2.45, 2.75) is 6.42 Å². The van der Waals surface area contributed by atoms with Gasteiger partial charge in [0.2, 0.25) is 0 Å². The van der Waals surface area contributed by atoms with E-state index in [1.165, 1.54) is 31.4 Å². The van der Waals surface area contributed by atoms with E-state index < -0.39 is 13.1 Å². The van der Waals surface area contributed by atoms with E-state index in [1.54, 1.807) is 0 Å². The summed E-state index contributed by atoms with van der Waals surface area (Å²) in [5.74, 6) is -0.730. The molecule has 0 saturated carbocycles. The summed E-state index contributed by atoms with van der Waals surface area (Å²) < 4.78 is 4.43. The normalized spacial score (nSPS) is 9.72. The van der Waals surface area contributed by atoms with Crippen LogP contribution in [0.4, 0.5) is 0 Å². The second-order valence-electron chi connectivity index (χ2n) is 3.58. The predicted octanol–water partition coefficient (Wildman–Crippen LogP) is -1.34. The van der Waals surface area contributed by atoms with Crippen molar-refractivity contribution in [2.24, 2.45) is 0 Å². The first-order valence-electron chi connectivity index (χ1n) is 5.35. The number of nitrogens with one attached hydrogen (secondary N) is 1. The van der Waals surface area contributed by atoms with Gasteiger partial charge in [0.05, 0.1) is 13.5 Å². The second kappa shape index (κ2) is 6.78. The van der Waals surface area contributed by atoms with E-state index >= 15 is 0 Å². The topological polar surface area (TPSA) is 95.9 Å². The molecule has 0 fully saturated rings. The van der Waals surface area contributed by atoms with Gasteiger partial charge in [0, 0.05) is 12.1 Å². The summed E-state index contributed by atoms with van der Waals surface area (Å²) in [4.78, 5) is 22.4. The van der Waals surface area contributed by atoms with Crippen molar-refractivity contribution < 1.29 is 24.4 Å². The minimum Gasteiger partial charge on any atom is -0.469 e. The SMILES string of the molecule is COC(=O)CCNC(=O)c1ccc(B(O)O)cc1. The van der Waals surface area contributed by atoms with Crippen molar-refractivity contribution in [3.8, 4) is 0 Å². The van der Waals surface area contributed by atoms with E-state index in [0.29, 0.717) is 11.0 Å². The van der Waals surface area contributed by atoms with E-state index in [9.17, 15) is 9.59 Å². The van der Waals surface area contributed by atoms with Gasteiger partial charge in [-0.15, -0.1) is 0 Å². The Kier molecular flexibility index (Phi) is 5.35. The summed E-state index contributed by atoms with van der Waals surface area (Å²) in [5.41, 5.74) is 0.686. The lowest BCUT2D eigenvalue weighted by Gasteiger charge is -2.05. The third kappa shape index (κ3) is 4.19. The maximum absolute atomic E-state index is 11.6. The van der Waals surface area contributed by atoms with Crippen molar-refractivity contribution in [2.75, 3.05) is 13.7 Å². The van der Waals surface area contributed by atoms with Crippen LogP contribution in [0.15, 0.2) is 24.3 Å². The first-order valence-corrected chi connectivity index (χ1v) is 5.35. The Bertz CT molecular complexity index is 418. The zero-order chi connectivity index (χ0) is 13.5. The molecule has 0 unspecified atom stereocenters. The monoisotopic (exact) mass is 251 g/mol. The molecule has 1 aromatic carbocycles. The quantitative estimate of drug-likeness (QED) is 0.444. The molecule has 1 aromatic rings. The molecular formula is C11H14BNO5. The van der Waals surface area contributed by atoms with Crippen molar-refractivity contribution in [1.29, 1.82) is 0 Å². The van der Waals surface area contributed by atoms with Gasteiger partial charge in [0.25, 0.3) is 5.91 Å². The Balaban J connectivity index is 2.49. The lowest BCUT2D eigenvalue weighted by Crippen LogP contribution is -2.31. The molecule has 1 amide bonds. The molecule has 0 heterocycles. The van der Waals surface area contributed by atoms with E-state index in [1.807, 2.05) is 0 Å². The summed E-state index contributed by atoms with van der Waals surface area (Å²) >= 11 is 0. The number of carbonyl (C=O) groups is 2. The number of hydrogen-bond acceptors (Lipinski definition) is 5. The van der Waals surface area contributed by atoms with Gasteiger partial charge in [0.1, 0.15) is 0 Å². The molecule has 0 saturated heterocycles. The van der Waals surface area contributed by atoms with Crippen LogP contribution >= 0.6 is 0 Å². The zero-order valence-electron chi connectivity index (χ0n) is 9.92. The van der Waals surface area contributed by atoms with Crippen LogP contribution in [0, 0.1) is 0 Å². The minimum atomic E-state index is -1.55. The van der Waals surface area contributed by atoms with Crippen LogP contribution in [0.25, 0.3) is 0 Å². The highest BCUT2D eigenvalue weighted by Crippen LogP contribution is 1.97. The van der Waals surface area contributed by atoms with Crippen LogP contribution in [0.3, 0.4) is 0 Å². The maximum atomic E-state index is 11.6. The van der Waals surface area contributed by atoms with Crippen molar-refractivity contribution in [1.82, 2.24) is 5.32 Å². The first-order chi connectivity index (χ1) is 8.54. The van der Waals surface area contributed by atoms with Crippen LogP contribution < -0.4 is 10.8 Å². The van der Waals surface area contributed by atoms with Crippen LogP contribution in [0.2, 0.25) is 0 Å². The van der Waals surface area contributed by atoms with Gasteiger partial charge in [-0.3, -0.25) is 9.59 Å². The number of benzene rings is 1. The highest BCUT2D eigenvalue weighted by Gasteiger charge is 2.12. The van der Waals surface area contributed by atoms with Gasteiger partial charge in [0.15, 0.2) is 0 Å². The van der Waals surface area contributed by atoms with Crippen molar-refractivity contribution >= 4 is 24.5 Å². The summed E-state index contributed by atoms with van der Waals surface area (Å²) in [5, 5.41) is 20.3. The molecule has 18 heavy (non-hydrogen) atoms. The molecule has 3 N–H and O–H groups in total. The third-order valence-corrected chi connectivity index (χ3v) is 2.31. The van der Waals surface area contributed by atoms with Gasteiger partial charge < -0.3 is 20.1 Å². The molecule has 0 spiro atoms. The Hall–Kier alpha value is -1.86. The van der Waals surface area contributed by atoms with Gasteiger partial charge in [-0.05, 0) is 17.6 Å². The van der Waals surface area contributed by atoms with Crippen molar-refractivity contribution in [3.63, 3.8) is 0 Å². The van der Waals surface area contributed by atoms with E-state index in [0.717, 1.165) is 0 Å². The summed E-state index contributed by atoms with van der Waals surface area (Å²) in [6.45, 7) is 0.190. The first kappa shape index (κ1) is 14.2. The number of rotatable bonds is 5. The fourth-order valence-electron chi connectivity index (χ4n) is 1.29. The molecular weight excluding hydrogens is 237 g/mol. The summed E-state index contributed by atoms with van der Waals surface area (Å²) in [6.07, 6.45) is 0.107. The molecule has 0 aliphatic carbocycles. The predicted molar refractivity (Wildman–Crippen MR) is 65.2 cm³/mol. The molecule has 0 aliphatic rings. The molecule has 0 bridgehead atoms. The third-order valence-electron chi connectivity index (χ3n) is 2.31. The number of esters is 1. The van der Waals surface area contributed by atoms with Crippen LogP contribution in [0.1, 0.15) is 16.8 Å². The molecule has 6 nitrogen and oxygen atoms in total. The lowest BCUT2D eigenvalue weighted by molar-refractivity contribution is -0.140. The highest BCUT2D eigenvalue weighted by molar-refractivity contribution is 6.58. The van der Waals surface area contributed by atoms with Gasteiger partial charge in [-0.25, -0.2) is 0 Å². The molecule has 7 heteroatoms. The largest absolute Gasteiger partial charge is 0.488 e. The molecule has 0 atom stereocenters. The second-order valence-corrected chi connectivity index (χ2v) is 3.58. The molecule has 0 aliphatic heterocycles. The molecule has 0 radical (unpaired) electrons. The zero-order valence-corrected chi connectivity index (χ0v) is 9.92. The number of carbonyl (C=O) groups excluding carboxylic acids is 2. The Labute approximate surface area is 105 Å². The van der Waals surface area contributed by atoms with E-state index in [-0.39, 0.29) is 18.9 Å². The highest BCUT2D eigenvalue weighted by atomic mass is 16.5. The molecule has 96 valence electrons. The lowest BCUT2D eigenvalue weighted by atomic mass is 9.80. The van der Waals surface area contributed by atoms with Crippen molar-refractivity contribution in [3.05, 3.63) is 29.8 Å². The van der Waals surface area contributed by atoms with E-state index in [2.05, 4.69) is 10.1 Å². The summed E-state index contributed by atoms with van der Waals surface area (Å²) in [6, 6.07) is 5.84. The van der Waals surface area contributed by atoms with Gasteiger partial charge in [-0.1, -0.05) is 12.1 Å². The average molecular weight is 251 g/mol. The molecule has 1 rings (SSSR count). The number of ether oxygens (including phenoxy) is 1. The number of amides is 1.